The molecule has 0 unspecified atom stereocenters. The van der Waals surface area contributed by atoms with Gasteiger partial charge in [-0.3, -0.25) is 0 Å². The van der Waals surface area contributed by atoms with E-state index in [9.17, 15) is 0 Å². The highest BCUT2D eigenvalue weighted by Crippen LogP contribution is 2.12. The quantitative estimate of drug-likeness (QED) is 0.759. The van der Waals surface area contributed by atoms with Crippen molar-refractivity contribution in [1.82, 2.24) is 9.88 Å². The van der Waals surface area contributed by atoms with Crippen molar-refractivity contribution in [2.45, 2.75) is 46.7 Å². The largest absolute Gasteiger partial charge is 0.351 e. The van der Waals surface area contributed by atoms with Crippen LogP contribution in [0.2, 0.25) is 0 Å². The van der Waals surface area contributed by atoms with Crippen molar-refractivity contribution in [1.29, 1.82) is 0 Å². The van der Waals surface area contributed by atoms with Crippen LogP contribution in [0.1, 0.15) is 45.7 Å². The van der Waals surface area contributed by atoms with E-state index in [0.29, 0.717) is 6.04 Å². The normalized spacial score (nSPS) is 13.4. The van der Waals surface area contributed by atoms with E-state index in [-0.39, 0.29) is 0 Å². The van der Waals surface area contributed by atoms with Crippen molar-refractivity contribution in [2.75, 3.05) is 6.54 Å². The van der Waals surface area contributed by atoms with Gasteiger partial charge in [-0.05, 0) is 37.4 Å². The molecule has 0 bridgehead atoms. The molecular weight excluding hydrogens is 184 g/mol. The van der Waals surface area contributed by atoms with Crippen molar-refractivity contribution in [3.05, 3.63) is 24.0 Å². The van der Waals surface area contributed by atoms with Gasteiger partial charge in [0.2, 0.25) is 0 Å². The fourth-order valence-electron chi connectivity index (χ4n) is 1.55. The summed E-state index contributed by atoms with van der Waals surface area (Å²) >= 11 is 0. The maximum Gasteiger partial charge on any atom is 0.0299 e. The Balaban J connectivity index is 2.39. The van der Waals surface area contributed by atoms with E-state index >= 15 is 0 Å². The van der Waals surface area contributed by atoms with Gasteiger partial charge >= 0.3 is 0 Å². The summed E-state index contributed by atoms with van der Waals surface area (Å²) in [7, 11) is 0. The molecule has 0 aliphatic rings. The third-order valence-corrected chi connectivity index (χ3v) is 2.76. The van der Waals surface area contributed by atoms with Crippen molar-refractivity contribution >= 4 is 0 Å². The summed E-state index contributed by atoms with van der Waals surface area (Å²) < 4.78 is 2.30. The zero-order valence-corrected chi connectivity index (χ0v) is 10.5. The van der Waals surface area contributed by atoms with E-state index in [1.54, 1.807) is 0 Å². The van der Waals surface area contributed by atoms with E-state index < -0.39 is 0 Å². The Bertz CT molecular complexity index is 276. The van der Waals surface area contributed by atoms with Gasteiger partial charge in [0.1, 0.15) is 0 Å². The van der Waals surface area contributed by atoms with Crippen molar-refractivity contribution in [3.8, 4) is 0 Å². The Hall–Kier alpha value is -0.760. The zero-order chi connectivity index (χ0) is 11.3. The fraction of sp³-hybridized carbons (Fsp3) is 0.692. The predicted octanol–water partition coefficient (Wildman–Crippen LogP) is 3.20. The maximum atomic E-state index is 3.46. The summed E-state index contributed by atoms with van der Waals surface area (Å²) in [6, 6.07) is 2.82. The van der Waals surface area contributed by atoms with E-state index in [1.807, 2.05) is 0 Å². The molecular formula is C13H24N2. The first-order chi connectivity index (χ1) is 7.13. The Morgan fingerprint density at radius 3 is 2.67 bits per heavy atom. The number of nitrogens with zero attached hydrogens (tertiary/aromatic N) is 1. The Morgan fingerprint density at radius 1 is 1.33 bits per heavy atom. The van der Waals surface area contributed by atoms with E-state index in [0.717, 1.165) is 19.0 Å². The molecule has 0 fully saturated rings. The topological polar surface area (TPSA) is 17.0 Å². The van der Waals surface area contributed by atoms with Crippen LogP contribution in [0.3, 0.4) is 0 Å². The van der Waals surface area contributed by atoms with Crippen LogP contribution in [0.25, 0.3) is 0 Å². The molecule has 86 valence electrons. The van der Waals surface area contributed by atoms with Gasteiger partial charge in [0, 0.05) is 25.0 Å². The SMILES string of the molecule is CC[C@H](C)n1ccc(CNCC(C)C)c1. The molecule has 0 amide bonds. The molecule has 2 nitrogen and oxygen atoms in total. The molecule has 0 aliphatic heterocycles. The lowest BCUT2D eigenvalue weighted by atomic mass is 10.2. The first-order valence-corrected chi connectivity index (χ1v) is 6.00. The Morgan fingerprint density at radius 2 is 2.07 bits per heavy atom. The number of aromatic nitrogens is 1. The van der Waals surface area contributed by atoms with Crippen molar-refractivity contribution < 1.29 is 0 Å². The maximum absolute atomic E-state index is 3.46. The molecule has 0 saturated carbocycles. The van der Waals surface area contributed by atoms with Gasteiger partial charge in [0.25, 0.3) is 0 Å². The molecule has 1 atom stereocenters. The second kappa shape index (κ2) is 5.96. The lowest BCUT2D eigenvalue weighted by Crippen LogP contribution is -2.18. The minimum Gasteiger partial charge on any atom is -0.351 e. The smallest absolute Gasteiger partial charge is 0.0299 e. The number of nitrogens with one attached hydrogen (secondary N) is 1. The molecule has 1 rings (SSSR count). The average Bonchev–Trinajstić information content (AvgIpc) is 2.65. The first-order valence-electron chi connectivity index (χ1n) is 6.00. The van der Waals surface area contributed by atoms with Crippen LogP contribution < -0.4 is 5.32 Å². The summed E-state index contributed by atoms with van der Waals surface area (Å²) in [5, 5.41) is 3.46. The van der Waals surface area contributed by atoms with Crippen LogP contribution in [0.15, 0.2) is 18.5 Å². The molecule has 0 spiro atoms. The lowest BCUT2D eigenvalue weighted by Gasteiger charge is -2.10. The van der Waals surface area contributed by atoms with Gasteiger partial charge in [0.05, 0.1) is 0 Å². The summed E-state index contributed by atoms with van der Waals surface area (Å²) in [5.74, 6) is 0.724. The molecule has 1 N–H and O–H groups in total. The fourth-order valence-corrected chi connectivity index (χ4v) is 1.55. The average molecular weight is 208 g/mol. The molecule has 0 radical (unpaired) electrons. The molecule has 0 aliphatic carbocycles. The van der Waals surface area contributed by atoms with Crippen LogP contribution >= 0.6 is 0 Å². The number of hydrogen-bond acceptors (Lipinski definition) is 1. The number of hydrogen-bond donors (Lipinski definition) is 1. The van der Waals surface area contributed by atoms with Gasteiger partial charge < -0.3 is 9.88 Å². The Kier molecular flexibility index (Phi) is 4.89. The highest BCUT2D eigenvalue weighted by atomic mass is 15.0. The van der Waals surface area contributed by atoms with Gasteiger partial charge in [-0.1, -0.05) is 20.8 Å². The first kappa shape index (κ1) is 12.3. The van der Waals surface area contributed by atoms with Crippen molar-refractivity contribution in [2.24, 2.45) is 5.92 Å². The molecule has 0 saturated heterocycles. The molecule has 1 heterocycles. The minimum absolute atomic E-state index is 0.615. The second-order valence-corrected chi connectivity index (χ2v) is 4.75. The molecule has 2 heteroatoms. The van der Waals surface area contributed by atoms with Crippen LogP contribution in [-0.4, -0.2) is 11.1 Å². The van der Waals surface area contributed by atoms with Crippen molar-refractivity contribution in [3.63, 3.8) is 0 Å². The van der Waals surface area contributed by atoms with Gasteiger partial charge in [-0.15, -0.1) is 0 Å². The van der Waals surface area contributed by atoms with Gasteiger partial charge in [-0.2, -0.15) is 0 Å². The molecule has 0 aromatic carbocycles. The second-order valence-electron chi connectivity index (χ2n) is 4.75. The monoisotopic (exact) mass is 208 g/mol. The molecule has 15 heavy (non-hydrogen) atoms. The third-order valence-electron chi connectivity index (χ3n) is 2.76. The summed E-state index contributed by atoms with van der Waals surface area (Å²) in [6.45, 7) is 11.0. The van der Waals surface area contributed by atoms with E-state index in [2.05, 4.69) is 56.0 Å². The standard InChI is InChI=1S/C13H24N2/c1-5-12(4)15-7-6-13(10-15)9-14-8-11(2)3/h6-7,10-12,14H,5,8-9H2,1-4H3/t12-/m0/s1. The lowest BCUT2D eigenvalue weighted by molar-refractivity contribution is 0.528. The summed E-state index contributed by atoms with van der Waals surface area (Å²) in [6.07, 6.45) is 5.62. The van der Waals surface area contributed by atoms with Crippen LogP contribution in [0.4, 0.5) is 0 Å². The van der Waals surface area contributed by atoms with Gasteiger partial charge in [-0.25, -0.2) is 0 Å². The van der Waals surface area contributed by atoms with Gasteiger partial charge in [0.15, 0.2) is 0 Å². The minimum atomic E-state index is 0.615. The zero-order valence-electron chi connectivity index (χ0n) is 10.5. The Labute approximate surface area is 93.7 Å². The van der Waals surface area contributed by atoms with E-state index in [1.165, 1.54) is 12.0 Å². The van der Waals surface area contributed by atoms with Crippen LogP contribution in [0, 0.1) is 5.92 Å². The highest BCUT2D eigenvalue weighted by molar-refractivity contribution is 5.10. The van der Waals surface area contributed by atoms with Crippen LogP contribution in [0.5, 0.6) is 0 Å². The molecule has 1 aromatic rings. The molecule has 1 aromatic heterocycles. The third kappa shape index (κ3) is 4.08. The number of rotatable bonds is 6. The predicted molar refractivity (Wildman–Crippen MR) is 66.0 cm³/mol. The summed E-state index contributed by atoms with van der Waals surface area (Å²) in [5.41, 5.74) is 1.39. The van der Waals surface area contributed by atoms with Crippen LogP contribution in [-0.2, 0) is 6.54 Å². The summed E-state index contributed by atoms with van der Waals surface area (Å²) in [4.78, 5) is 0. The highest BCUT2D eigenvalue weighted by Gasteiger charge is 2.02. The van der Waals surface area contributed by atoms with E-state index in [4.69, 9.17) is 0 Å².